The fourth-order valence-electron chi connectivity index (χ4n) is 2.33. The second-order valence-corrected chi connectivity index (χ2v) is 4.71. The summed E-state index contributed by atoms with van der Waals surface area (Å²) in [5.41, 5.74) is 2.44. The monoisotopic (exact) mass is 231 g/mol. The van der Waals surface area contributed by atoms with Crippen molar-refractivity contribution in [2.24, 2.45) is 0 Å². The van der Waals surface area contributed by atoms with Crippen LogP contribution in [0.5, 0.6) is 0 Å². The maximum Gasteiger partial charge on any atom is 0.166 e. The Morgan fingerprint density at radius 2 is 2.00 bits per heavy atom. The summed E-state index contributed by atoms with van der Waals surface area (Å²) < 4.78 is 11.2. The molecule has 1 saturated heterocycles. The van der Waals surface area contributed by atoms with Crippen LogP contribution < -0.4 is 0 Å². The Hall–Kier alpha value is -1.32. The Bertz CT molecular complexity index is 479. The van der Waals surface area contributed by atoms with Crippen molar-refractivity contribution in [3.8, 4) is 0 Å². The minimum atomic E-state index is -0.392. The number of ether oxygens (including phenoxy) is 2. The Morgan fingerprint density at radius 1 is 1.24 bits per heavy atom. The number of hydrogen-bond donors (Lipinski definition) is 1. The van der Waals surface area contributed by atoms with Crippen LogP contribution in [-0.4, -0.2) is 24.0 Å². The van der Waals surface area contributed by atoms with Crippen molar-refractivity contribution in [3.05, 3.63) is 36.0 Å². The van der Waals surface area contributed by atoms with Gasteiger partial charge in [-0.05, 0) is 30.9 Å². The Labute approximate surface area is 101 Å². The van der Waals surface area contributed by atoms with Crippen LogP contribution in [0, 0.1) is 0 Å². The lowest BCUT2D eigenvalue weighted by Crippen LogP contribution is -2.26. The second-order valence-electron chi connectivity index (χ2n) is 4.71. The molecule has 0 saturated carbocycles. The number of para-hydroxylation sites is 1. The summed E-state index contributed by atoms with van der Waals surface area (Å²) in [4.78, 5) is 3.43. The van der Waals surface area contributed by atoms with Crippen LogP contribution in [0.4, 0.5) is 0 Å². The summed E-state index contributed by atoms with van der Waals surface area (Å²) >= 11 is 0. The van der Waals surface area contributed by atoms with E-state index in [-0.39, 0.29) is 0 Å². The molecule has 17 heavy (non-hydrogen) atoms. The largest absolute Gasteiger partial charge is 0.358 e. The number of H-pyrrole nitrogens is 1. The Balaban J connectivity index is 1.72. The first kappa shape index (κ1) is 10.8. The number of benzene rings is 1. The van der Waals surface area contributed by atoms with Crippen molar-refractivity contribution < 1.29 is 9.47 Å². The second kappa shape index (κ2) is 4.17. The van der Waals surface area contributed by atoms with Gasteiger partial charge < -0.3 is 14.5 Å². The van der Waals surface area contributed by atoms with Gasteiger partial charge in [0.05, 0.1) is 13.2 Å². The first-order valence-corrected chi connectivity index (χ1v) is 6.10. The predicted octanol–water partition coefficient (Wildman–Crippen LogP) is 2.86. The van der Waals surface area contributed by atoms with Crippen molar-refractivity contribution in [2.75, 3.05) is 13.2 Å². The van der Waals surface area contributed by atoms with Crippen LogP contribution in [0.3, 0.4) is 0 Å². The van der Waals surface area contributed by atoms with Gasteiger partial charge in [0.25, 0.3) is 0 Å². The molecule has 3 heteroatoms. The molecule has 1 aromatic heterocycles. The molecule has 2 aromatic rings. The normalized spacial score (nSPS) is 18.9. The number of aromatic amines is 1. The van der Waals surface area contributed by atoms with Crippen LogP contribution in [-0.2, 0) is 15.9 Å². The number of hydrogen-bond acceptors (Lipinski definition) is 2. The smallest absolute Gasteiger partial charge is 0.166 e. The highest BCUT2D eigenvalue weighted by molar-refractivity contribution is 5.80. The van der Waals surface area contributed by atoms with Crippen molar-refractivity contribution in [2.45, 2.75) is 25.6 Å². The van der Waals surface area contributed by atoms with Crippen LogP contribution in [0.25, 0.3) is 10.9 Å². The van der Waals surface area contributed by atoms with Gasteiger partial charge in [0.15, 0.2) is 5.79 Å². The number of aromatic nitrogens is 1. The fraction of sp³-hybridized carbons (Fsp3) is 0.429. The third kappa shape index (κ3) is 2.21. The van der Waals surface area contributed by atoms with Crippen molar-refractivity contribution in [1.82, 2.24) is 4.98 Å². The third-order valence-corrected chi connectivity index (χ3v) is 3.33. The lowest BCUT2D eigenvalue weighted by Gasteiger charge is -2.21. The molecule has 3 rings (SSSR count). The molecule has 1 aliphatic heterocycles. The minimum absolute atomic E-state index is 0.392. The molecule has 0 aliphatic carbocycles. The van der Waals surface area contributed by atoms with E-state index in [9.17, 15) is 0 Å². The molecular weight excluding hydrogens is 214 g/mol. The highest BCUT2D eigenvalue weighted by Crippen LogP contribution is 2.25. The molecule has 0 radical (unpaired) electrons. The van der Waals surface area contributed by atoms with Gasteiger partial charge in [-0.2, -0.15) is 0 Å². The molecule has 1 aromatic carbocycles. The molecule has 0 bridgehead atoms. The summed E-state index contributed by atoms with van der Waals surface area (Å²) in [6.45, 7) is 3.44. The summed E-state index contributed by atoms with van der Waals surface area (Å²) in [5.74, 6) is -0.392. The van der Waals surface area contributed by atoms with Gasteiger partial charge in [-0.25, -0.2) is 0 Å². The predicted molar refractivity (Wildman–Crippen MR) is 66.9 cm³/mol. The zero-order chi connectivity index (χ0) is 11.7. The highest BCUT2D eigenvalue weighted by atomic mass is 16.7. The SMILES string of the molecule is CC1(CCc2cc3ccccc3[nH]2)OCCO1. The van der Waals surface area contributed by atoms with E-state index in [2.05, 4.69) is 29.2 Å². The van der Waals surface area contributed by atoms with Crippen molar-refractivity contribution in [1.29, 1.82) is 0 Å². The molecule has 90 valence electrons. The van der Waals surface area contributed by atoms with E-state index in [1.165, 1.54) is 16.6 Å². The molecule has 1 N–H and O–H groups in total. The molecule has 0 amide bonds. The van der Waals surface area contributed by atoms with Gasteiger partial charge in [0.2, 0.25) is 0 Å². The van der Waals surface area contributed by atoms with Crippen LogP contribution in [0.2, 0.25) is 0 Å². The van der Waals surface area contributed by atoms with Crippen molar-refractivity contribution in [3.63, 3.8) is 0 Å². The summed E-state index contributed by atoms with van der Waals surface area (Å²) in [6, 6.07) is 10.5. The Morgan fingerprint density at radius 3 is 2.76 bits per heavy atom. The van der Waals surface area contributed by atoms with Crippen LogP contribution in [0.15, 0.2) is 30.3 Å². The van der Waals surface area contributed by atoms with Crippen LogP contribution in [0.1, 0.15) is 19.0 Å². The molecule has 1 aliphatic rings. The zero-order valence-electron chi connectivity index (χ0n) is 10.0. The van der Waals surface area contributed by atoms with Gasteiger partial charge in [0, 0.05) is 17.6 Å². The topological polar surface area (TPSA) is 34.2 Å². The van der Waals surface area contributed by atoms with Crippen molar-refractivity contribution >= 4 is 10.9 Å². The third-order valence-electron chi connectivity index (χ3n) is 3.33. The average molecular weight is 231 g/mol. The van der Waals surface area contributed by atoms with E-state index < -0.39 is 5.79 Å². The lowest BCUT2D eigenvalue weighted by molar-refractivity contribution is -0.146. The quantitative estimate of drug-likeness (QED) is 0.881. The van der Waals surface area contributed by atoms with Gasteiger partial charge >= 0.3 is 0 Å². The van der Waals surface area contributed by atoms with E-state index in [1.54, 1.807) is 0 Å². The van der Waals surface area contributed by atoms with E-state index >= 15 is 0 Å². The lowest BCUT2D eigenvalue weighted by atomic mass is 10.1. The fourth-order valence-corrected chi connectivity index (χ4v) is 2.33. The zero-order valence-corrected chi connectivity index (χ0v) is 10.0. The molecule has 2 heterocycles. The van der Waals surface area contributed by atoms with E-state index in [0.29, 0.717) is 13.2 Å². The maximum absolute atomic E-state index is 5.60. The number of nitrogens with one attached hydrogen (secondary N) is 1. The molecule has 0 atom stereocenters. The standard InChI is InChI=1S/C14H17NO2/c1-14(16-8-9-17-14)7-6-12-10-11-4-2-3-5-13(11)15-12/h2-5,10,15H,6-9H2,1H3. The maximum atomic E-state index is 5.60. The van der Waals surface area contributed by atoms with Crippen LogP contribution >= 0.6 is 0 Å². The Kier molecular flexibility index (Phi) is 2.65. The molecular formula is C14H17NO2. The summed E-state index contributed by atoms with van der Waals surface area (Å²) in [7, 11) is 0. The van der Waals surface area contributed by atoms with Gasteiger partial charge in [0.1, 0.15) is 0 Å². The summed E-state index contributed by atoms with van der Waals surface area (Å²) in [5, 5.41) is 1.26. The first-order valence-electron chi connectivity index (χ1n) is 6.10. The summed E-state index contributed by atoms with van der Waals surface area (Å²) in [6.07, 6.45) is 1.84. The van der Waals surface area contributed by atoms with E-state index in [1.807, 2.05) is 13.0 Å². The van der Waals surface area contributed by atoms with E-state index in [0.717, 1.165) is 12.8 Å². The molecule has 1 fully saturated rings. The molecule has 3 nitrogen and oxygen atoms in total. The average Bonchev–Trinajstić information content (AvgIpc) is 2.93. The minimum Gasteiger partial charge on any atom is -0.358 e. The highest BCUT2D eigenvalue weighted by Gasteiger charge is 2.30. The number of fused-ring (bicyclic) bond motifs is 1. The number of aryl methyl sites for hydroxylation is 1. The molecule has 0 spiro atoms. The number of rotatable bonds is 3. The van der Waals surface area contributed by atoms with Gasteiger partial charge in [-0.3, -0.25) is 0 Å². The van der Waals surface area contributed by atoms with Gasteiger partial charge in [-0.15, -0.1) is 0 Å². The van der Waals surface area contributed by atoms with E-state index in [4.69, 9.17) is 9.47 Å². The first-order chi connectivity index (χ1) is 8.25. The van der Waals surface area contributed by atoms with Gasteiger partial charge in [-0.1, -0.05) is 18.2 Å². The molecule has 0 unspecified atom stereocenters.